The maximum Gasteiger partial charge on any atom is 0.178 e. The summed E-state index contributed by atoms with van der Waals surface area (Å²) in [6.07, 6.45) is 4.07. The first-order chi connectivity index (χ1) is 9.33. The fourth-order valence-corrected chi connectivity index (χ4v) is 2.67. The molecule has 0 saturated carbocycles. The van der Waals surface area contributed by atoms with E-state index in [1.165, 1.54) is 5.56 Å². The van der Waals surface area contributed by atoms with Gasteiger partial charge in [-0.1, -0.05) is 41.9 Å². The van der Waals surface area contributed by atoms with Crippen LogP contribution in [-0.4, -0.2) is 8.75 Å². The van der Waals surface area contributed by atoms with Gasteiger partial charge >= 0.3 is 0 Å². The Morgan fingerprint density at radius 3 is 2.55 bits per heavy atom. The molecule has 0 N–H and O–H groups in total. The Labute approximate surface area is 137 Å². The van der Waals surface area contributed by atoms with E-state index in [1.807, 2.05) is 42.7 Å². The Kier molecular flexibility index (Phi) is 5.23. The number of rotatable bonds is 3. The largest absolute Gasteiger partial charge is 1.00 e. The highest BCUT2D eigenvalue weighted by Crippen LogP contribution is 2.23. The molecule has 0 spiro atoms. The number of aromatic nitrogens is 3. The predicted molar refractivity (Wildman–Crippen MR) is 76.1 cm³/mol. The molecule has 0 aliphatic rings. The molecule has 20 heavy (non-hydrogen) atoms. The van der Waals surface area contributed by atoms with Crippen LogP contribution in [0.5, 0.6) is 0 Å². The second-order valence-corrected chi connectivity index (χ2v) is 5.04. The molecule has 0 aliphatic carbocycles. The van der Waals surface area contributed by atoms with Gasteiger partial charge in [-0.2, -0.15) is 8.75 Å². The molecule has 3 aromatic rings. The van der Waals surface area contributed by atoms with Crippen molar-refractivity contribution >= 4 is 23.3 Å². The number of benzene rings is 1. The zero-order valence-corrected chi connectivity index (χ0v) is 13.6. The lowest BCUT2D eigenvalue weighted by Crippen LogP contribution is -3.00. The van der Waals surface area contributed by atoms with Crippen LogP contribution >= 0.6 is 23.3 Å². The monoisotopic (exact) mass is 367 g/mol. The van der Waals surface area contributed by atoms with E-state index in [1.54, 1.807) is 0 Å². The second-order valence-electron chi connectivity index (χ2n) is 4.15. The smallest absolute Gasteiger partial charge is 0.178 e. The van der Waals surface area contributed by atoms with Gasteiger partial charge in [0.1, 0.15) is 5.69 Å². The Balaban J connectivity index is 0.00000147. The van der Waals surface area contributed by atoms with Crippen LogP contribution in [0.1, 0.15) is 5.56 Å². The molecule has 3 nitrogen and oxygen atoms in total. The summed E-state index contributed by atoms with van der Waals surface area (Å²) in [4.78, 5) is 0. The molecule has 102 valence electrons. The molecule has 6 heteroatoms. The lowest BCUT2D eigenvalue weighted by molar-refractivity contribution is -0.687. The molecule has 0 bridgehead atoms. The first kappa shape index (κ1) is 15.1. The summed E-state index contributed by atoms with van der Waals surface area (Å²) in [6, 6.07) is 14.3. The summed E-state index contributed by atoms with van der Waals surface area (Å²) >= 11 is 7.14. The van der Waals surface area contributed by atoms with Crippen molar-refractivity contribution in [3.63, 3.8) is 0 Å². The summed E-state index contributed by atoms with van der Waals surface area (Å²) in [5.74, 6) is 0. The van der Waals surface area contributed by atoms with Gasteiger partial charge in [-0.05, 0) is 6.07 Å². The third kappa shape index (κ3) is 3.42. The summed E-state index contributed by atoms with van der Waals surface area (Å²) in [5, 5.41) is 0.461. The molecule has 1 aromatic carbocycles. The van der Waals surface area contributed by atoms with Crippen LogP contribution in [0.15, 0.2) is 54.9 Å². The standard InChI is InChI=1S/C14H11ClN3S.BrH/c15-14-13(16-19-17-14)12-7-4-8-18(10-12)9-11-5-2-1-3-6-11;/h1-8,10H,9H2;1H/q+1;/p-1. The van der Waals surface area contributed by atoms with Crippen molar-refractivity contribution in [3.8, 4) is 11.3 Å². The van der Waals surface area contributed by atoms with Crippen molar-refractivity contribution < 1.29 is 21.5 Å². The maximum absolute atomic E-state index is 6.01. The van der Waals surface area contributed by atoms with Crippen molar-refractivity contribution in [1.82, 2.24) is 8.75 Å². The lowest BCUT2D eigenvalue weighted by atomic mass is 10.2. The van der Waals surface area contributed by atoms with E-state index in [9.17, 15) is 0 Å². The molecule has 3 rings (SSSR count). The van der Waals surface area contributed by atoms with Gasteiger partial charge in [0.05, 0.1) is 17.3 Å². The molecular formula is C14H11BrClN3S. The molecule has 0 atom stereocenters. The molecule has 0 unspecified atom stereocenters. The van der Waals surface area contributed by atoms with E-state index in [0.717, 1.165) is 29.5 Å². The number of pyridine rings is 1. The summed E-state index contributed by atoms with van der Waals surface area (Å²) in [7, 11) is 0. The number of nitrogens with zero attached hydrogens (tertiary/aromatic N) is 3. The van der Waals surface area contributed by atoms with Crippen LogP contribution in [0.2, 0.25) is 5.15 Å². The van der Waals surface area contributed by atoms with E-state index < -0.39 is 0 Å². The Morgan fingerprint density at radius 1 is 1.05 bits per heavy atom. The average molecular weight is 369 g/mol. The molecule has 0 amide bonds. The SMILES string of the molecule is Clc1nsnc1-c1ccc[n+](Cc2ccccc2)c1.[Br-]. The lowest BCUT2D eigenvalue weighted by Gasteiger charge is -1.99. The maximum atomic E-state index is 6.01. The van der Waals surface area contributed by atoms with E-state index in [2.05, 4.69) is 25.4 Å². The van der Waals surface area contributed by atoms with Gasteiger partial charge in [0.25, 0.3) is 0 Å². The zero-order valence-electron chi connectivity index (χ0n) is 10.4. The third-order valence-corrected chi connectivity index (χ3v) is 3.68. The van der Waals surface area contributed by atoms with Crippen molar-refractivity contribution in [2.45, 2.75) is 6.54 Å². The zero-order chi connectivity index (χ0) is 13.1. The average Bonchev–Trinajstić information content (AvgIpc) is 2.86. The van der Waals surface area contributed by atoms with Crippen LogP contribution < -0.4 is 21.5 Å². The highest BCUT2D eigenvalue weighted by Gasteiger charge is 2.12. The second kappa shape index (κ2) is 6.92. The number of halogens is 2. The minimum absolute atomic E-state index is 0. The topological polar surface area (TPSA) is 29.7 Å². The van der Waals surface area contributed by atoms with Crippen LogP contribution in [0, 0.1) is 0 Å². The first-order valence-electron chi connectivity index (χ1n) is 5.84. The Morgan fingerprint density at radius 2 is 1.85 bits per heavy atom. The molecule has 0 radical (unpaired) electrons. The van der Waals surface area contributed by atoms with Gasteiger partial charge in [0.2, 0.25) is 0 Å². The fraction of sp³-hybridized carbons (Fsp3) is 0.0714. The molecule has 2 heterocycles. The Hall–Kier alpha value is -1.30. The molecular weight excluding hydrogens is 358 g/mol. The van der Waals surface area contributed by atoms with Crippen LogP contribution in [0.3, 0.4) is 0 Å². The first-order valence-corrected chi connectivity index (χ1v) is 6.95. The fourth-order valence-electron chi connectivity index (χ4n) is 1.90. The predicted octanol–water partition coefficient (Wildman–Crippen LogP) is 0.198. The number of hydrogen-bond acceptors (Lipinski definition) is 3. The van der Waals surface area contributed by atoms with E-state index in [-0.39, 0.29) is 17.0 Å². The van der Waals surface area contributed by atoms with Crippen LogP contribution in [-0.2, 0) is 6.54 Å². The minimum Gasteiger partial charge on any atom is -1.00 e. The van der Waals surface area contributed by atoms with Crippen LogP contribution in [0.25, 0.3) is 11.3 Å². The van der Waals surface area contributed by atoms with Gasteiger partial charge in [-0.25, -0.2) is 4.57 Å². The summed E-state index contributed by atoms with van der Waals surface area (Å²) < 4.78 is 10.3. The van der Waals surface area contributed by atoms with Gasteiger partial charge in [-0.15, -0.1) is 0 Å². The van der Waals surface area contributed by atoms with Gasteiger partial charge in [0, 0.05) is 11.6 Å². The minimum atomic E-state index is 0. The van der Waals surface area contributed by atoms with E-state index in [4.69, 9.17) is 11.6 Å². The van der Waals surface area contributed by atoms with Crippen molar-refractivity contribution in [1.29, 1.82) is 0 Å². The van der Waals surface area contributed by atoms with Crippen molar-refractivity contribution in [2.24, 2.45) is 0 Å². The summed E-state index contributed by atoms with van der Waals surface area (Å²) in [6.45, 7) is 0.823. The van der Waals surface area contributed by atoms with Crippen molar-refractivity contribution in [2.75, 3.05) is 0 Å². The van der Waals surface area contributed by atoms with Crippen molar-refractivity contribution in [3.05, 3.63) is 65.6 Å². The highest BCUT2D eigenvalue weighted by atomic mass is 79.9. The van der Waals surface area contributed by atoms with E-state index >= 15 is 0 Å². The quantitative estimate of drug-likeness (QED) is 0.618. The Bertz CT molecular complexity index is 688. The van der Waals surface area contributed by atoms with Gasteiger partial charge in [-0.3, -0.25) is 0 Å². The van der Waals surface area contributed by atoms with Crippen LogP contribution in [0.4, 0.5) is 0 Å². The molecule has 2 aromatic heterocycles. The van der Waals surface area contributed by atoms with Gasteiger partial charge in [0.15, 0.2) is 24.1 Å². The highest BCUT2D eigenvalue weighted by molar-refractivity contribution is 6.99. The third-order valence-electron chi connectivity index (χ3n) is 2.79. The normalized spacial score (nSPS) is 10.1. The molecule has 0 fully saturated rings. The molecule has 0 saturated heterocycles. The van der Waals surface area contributed by atoms with Gasteiger partial charge < -0.3 is 17.0 Å². The summed E-state index contributed by atoms with van der Waals surface area (Å²) in [5.41, 5.74) is 2.98. The molecule has 0 aliphatic heterocycles. The van der Waals surface area contributed by atoms with E-state index in [0.29, 0.717) is 5.15 Å². The number of hydrogen-bond donors (Lipinski definition) is 0.